The van der Waals surface area contributed by atoms with Crippen molar-refractivity contribution in [3.05, 3.63) is 23.8 Å². The first kappa shape index (κ1) is 15.8. The molecule has 0 aromatic heterocycles. The van der Waals surface area contributed by atoms with Crippen molar-refractivity contribution in [2.45, 2.75) is 6.42 Å². The summed E-state index contributed by atoms with van der Waals surface area (Å²) in [6.45, 7) is 2.41. The van der Waals surface area contributed by atoms with Gasteiger partial charge in [-0.2, -0.15) is 0 Å². The van der Waals surface area contributed by atoms with Gasteiger partial charge in [0.05, 0.1) is 13.2 Å². The fourth-order valence-electron chi connectivity index (χ4n) is 1.84. The Labute approximate surface area is 123 Å². The maximum absolute atomic E-state index is 11.9. The lowest BCUT2D eigenvalue weighted by atomic mass is 10.1. The molecular weight excluding hydrogens is 276 g/mol. The number of hydrogen-bond donors (Lipinski definition) is 0. The molecule has 1 aromatic rings. The van der Waals surface area contributed by atoms with Crippen LogP contribution in [-0.2, 0) is 14.2 Å². The lowest BCUT2D eigenvalue weighted by molar-refractivity contribution is 0.0382. The molecule has 0 N–H and O–H groups in total. The molecule has 116 valence electrons. The Morgan fingerprint density at radius 2 is 1.90 bits per heavy atom. The van der Waals surface area contributed by atoms with E-state index in [2.05, 4.69) is 0 Å². The minimum absolute atomic E-state index is 0.0288. The van der Waals surface area contributed by atoms with Crippen LogP contribution in [0.4, 0.5) is 0 Å². The Hall–Kier alpha value is -1.63. The third-order valence-corrected chi connectivity index (χ3v) is 2.94. The van der Waals surface area contributed by atoms with Crippen LogP contribution in [0.25, 0.3) is 0 Å². The topological polar surface area (TPSA) is 63.2 Å². The molecule has 1 heterocycles. The Balaban J connectivity index is 1.61. The fourth-order valence-corrected chi connectivity index (χ4v) is 1.84. The van der Waals surface area contributed by atoms with Gasteiger partial charge in [-0.3, -0.25) is 4.79 Å². The van der Waals surface area contributed by atoms with Gasteiger partial charge in [0, 0.05) is 25.9 Å². The molecule has 0 spiro atoms. The maximum atomic E-state index is 11.9. The fraction of sp³-hybridized carbons (Fsp3) is 0.533. The molecule has 1 aromatic carbocycles. The van der Waals surface area contributed by atoms with Crippen LogP contribution >= 0.6 is 0 Å². The molecule has 0 radical (unpaired) electrons. The summed E-state index contributed by atoms with van der Waals surface area (Å²) in [5, 5.41) is 0. The third kappa shape index (κ3) is 5.00. The van der Waals surface area contributed by atoms with Crippen molar-refractivity contribution in [2.75, 3.05) is 46.9 Å². The molecule has 0 unspecified atom stereocenters. The second-order valence-corrected chi connectivity index (χ2v) is 4.50. The number of carbonyl (C=O) groups is 1. The van der Waals surface area contributed by atoms with Crippen molar-refractivity contribution in [3.63, 3.8) is 0 Å². The quantitative estimate of drug-likeness (QED) is 0.483. The zero-order valence-electron chi connectivity index (χ0n) is 12.1. The summed E-state index contributed by atoms with van der Waals surface area (Å²) in [6, 6.07) is 5.12. The van der Waals surface area contributed by atoms with E-state index >= 15 is 0 Å². The summed E-state index contributed by atoms with van der Waals surface area (Å²) in [6.07, 6.45) is 0.854. The van der Waals surface area contributed by atoms with Crippen molar-refractivity contribution in [1.82, 2.24) is 0 Å². The van der Waals surface area contributed by atoms with Crippen LogP contribution in [0, 0.1) is 0 Å². The van der Waals surface area contributed by atoms with Crippen molar-refractivity contribution in [1.29, 1.82) is 0 Å². The highest BCUT2D eigenvalue weighted by Crippen LogP contribution is 2.32. The lowest BCUT2D eigenvalue weighted by Crippen LogP contribution is -2.13. The van der Waals surface area contributed by atoms with Crippen LogP contribution in [0.3, 0.4) is 0 Å². The normalized spacial score (nSPS) is 12.6. The zero-order valence-corrected chi connectivity index (χ0v) is 12.1. The second-order valence-electron chi connectivity index (χ2n) is 4.50. The number of ketones is 1. The Morgan fingerprint density at radius 1 is 1.10 bits per heavy atom. The maximum Gasteiger partial charge on any atom is 0.231 e. The standard InChI is InChI=1S/C15H20O6/c1-17-5-2-6-18-7-8-19-10-13(16)12-3-4-14-15(9-12)21-11-20-14/h3-4,9H,2,5-8,10-11H2,1H3. The summed E-state index contributed by atoms with van der Waals surface area (Å²) >= 11 is 0. The largest absolute Gasteiger partial charge is 0.454 e. The van der Waals surface area contributed by atoms with Gasteiger partial charge in [-0.1, -0.05) is 0 Å². The monoisotopic (exact) mass is 296 g/mol. The molecule has 0 amide bonds. The molecule has 0 saturated heterocycles. The molecule has 1 aliphatic heterocycles. The molecule has 0 bridgehead atoms. The number of Topliss-reactive ketones (excluding diaryl/α,β-unsaturated/α-hetero) is 1. The predicted octanol–water partition coefficient (Wildman–Crippen LogP) is 1.67. The molecule has 0 saturated carbocycles. The Kier molecular flexibility index (Phi) is 6.46. The van der Waals surface area contributed by atoms with E-state index in [0.717, 1.165) is 6.42 Å². The summed E-state index contributed by atoms with van der Waals surface area (Å²) in [7, 11) is 1.66. The summed E-state index contributed by atoms with van der Waals surface area (Å²) in [5.41, 5.74) is 0.556. The highest BCUT2D eigenvalue weighted by atomic mass is 16.7. The van der Waals surface area contributed by atoms with E-state index in [9.17, 15) is 4.79 Å². The van der Waals surface area contributed by atoms with Gasteiger partial charge in [0.1, 0.15) is 6.61 Å². The van der Waals surface area contributed by atoms with Gasteiger partial charge in [0.25, 0.3) is 0 Å². The van der Waals surface area contributed by atoms with Gasteiger partial charge in [-0.05, 0) is 24.6 Å². The van der Waals surface area contributed by atoms with Gasteiger partial charge >= 0.3 is 0 Å². The van der Waals surface area contributed by atoms with E-state index in [1.165, 1.54) is 0 Å². The summed E-state index contributed by atoms with van der Waals surface area (Å²) in [5.74, 6) is 1.17. The first-order chi connectivity index (χ1) is 10.3. The van der Waals surface area contributed by atoms with Crippen LogP contribution in [0.2, 0.25) is 0 Å². The Morgan fingerprint density at radius 3 is 2.76 bits per heavy atom. The van der Waals surface area contributed by atoms with Crippen molar-refractivity contribution in [2.24, 2.45) is 0 Å². The van der Waals surface area contributed by atoms with E-state index in [4.69, 9.17) is 23.7 Å². The van der Waals surface area contributed by atoms with Crippen molar-refractivity contribution < 1.29 is 28.5 Å². The highest BCUT2D eigenvalue weighted by molar-refractivity contribution is 5.97. The smallest absolute Gasteiger partial charge is 0.231 e. The van der Waals surface area contributed by atoms with Gasteiger partial charge < -0.3 is 23.7 Å². The van der Waals surface area contributed by atoms with E-state index in [1.807, 2.05) is 0 Å². The summed E-state index contributed by atoms with van der Waals surface area (Å²) in [4.78, 5) is 11.9. The number of carbonyl (C=O) groups excluding carboxylic acids is 1. The minimum Gasteiger partial charge on any atom is -0.454 e. The van der Waals surface area contributed by atoms with E-state index in [0.29, 0.717) is 43.5 Å². The van der Waals surface area contributed by atoms with E-state index < -0.39 is 0 Å². The van der Waals surface area contributed by atoms with Gasteiger partial charge in [-0.15, -0.1) is 0 Å². The first-order valence-corrected chi connectivity index (χ1v) is 6.88. The second kappa shape index (κ2) is 8.61. The molecule has 0 aliphatic carbocycles. The molecule has 0 fully saturated rings. The number of ether oxygens (including phenoxy) is 5. The number of rotatable bonds is 10. The minimum atomic E-state index is -0.0901. The number of hydrogen-bond acceptors (Lipinski definition) is 6. The molecule has 6 nitrogen and oxygen atoms in total. The highest BCUT2D eigenvalue weighted by Gasteiger charge is 2.16. The van der Waals surface area contributed by atoms with E-state index in [1.54, 1.807) is 25.3 Å². The average Bonchev–Trinajstić information content (AvgIpc) is 2.97. The Bertz CT molecular complexity index is 459. The SMILES string of the molecule is COCCCOCCOCC(=O)c1ccc2c(c1)OCO2. The summed E-state index contributed by atoms with van der Waals surface area (Å²) < 4.78 is 26.0. The molecule has 0 atom stereocenters. The molecule has 2 rings (SSSR count). The molecular formula is C15H20O6. The van der Waals surface area contributed by atoms with Crippen molar-refractivity contribution in [3.8, 4) is 11.5 Å². The van der Waals surface area contributed by atoms with E-state index in [-0.39, 0.29) is 19.2 Å². The van der Waals surface area contributed by atoms with Gasteiger partial charge in [0.2, 0.25) is 6.79 Å². The van der Waals surface area contributed by atoms with Gasteiger partial charge in [0.15, 0.2) is 17.3 Å². The first-order valence-electron chi connectivity index (χ1n) is 6.88. The van der Waals surface area contributed by atoms with Crippen molar-refractivity contribution >= 4 is 5.78 Å². The average molecular weight is 296 g/mol. The predicted molar refractivity (Wildman–Crippen MR) is 75.0 cm³/mol. The van der Waals surface area contributed by atoms with Crippen LogP contribution in [0.1, 0.15) is 16.8 Å². The number of fused-ring (bicyclic) bond motifs is 1. The number of benzene rings is 1. The third-order valence-electron chi connectivity index (χ3n) is 2.94. The van der Waals surface area contributed by atoms with Crippen LogP contribution < -0.4 is 9.47 Å². The zero-order chi connectivity index (χ0) is 14.9. The number of methoxy groups -OCH3 is 1. The molecule has 6 heteroatoms. The lowest BCUT2D eigenvalue weighted by Gasteiger charge is -2.06. The van der Waals surface area contributed by atoms with Crippen LogP contribution in [-0.4, -0.2) is 52.7 Å². The van der Waals surface area contributed by atoms with Crippen LogP contribution in [0.5, 0.6) is 11.5 Å². The van der Waals surface area contributed by atoms with Crippen LogP contribution in [0.15, 0.2) is 18.2 Å². The van der Waals surface area contributed by atoms with Gasteiger partial charge in [-0.25, -0.2) is 0 Å². The molecule has 1 aliphatic rings. The molecule has 21 heavy (non-hydrogen) atoms.